The molecule has 2 aromatic heterocycles. The van der Waals surface area contributed by atoms with Crippen LogP contribution >= 0.6 is 11.3 Å². The first-order valence-corrected chi connectivity index (χ1v) is 10.1. The number of fused-ring (bicyclic) bond motifs is 1. The normalized spacial score (nSPS) is 11.4. The Hall–Kier alpha value is -2.02. The van der Waals surface area contributed by atoms with Crippen LogP contribution in [0.1, 0.15) is 25.3 Å². The highest BCUT2D eigenvalue weighted by atomic mass is 32.1. The molecule has 0 aliphatic rings. The maximum Gasteiger partial charge on any atom is 0.141 e. The summed E-state index contributed by atoms with van der Waals surface area (Å²) in [5.74, 6) is 1.47. The molecule has 0 bridgehead atoms. The average molecular weight is 386 g/mol. The maximum atomic E-state index is 5.29. The zero-order chi connectivity index (χ0) is 19.2. The Kier molecular flexibility index (Phi) is 6.77. The second-order valence-electron chi connectivity index (χ2n) is 6.78. The van der Waals surface area contributed by atoms with Crippen LogP contribution in [0.25, 0.3) is 21.3 Å². The molecule has 0 fully saturated rings. The van der Waals surface area contributed by atoms with E-state index in [0.717, 1.165) is 29.1 Å². The number of ether oxygens (including phenoxy) is 2. The molecule has 0 N–H and O–H groups in total. The van der Waals surface area contributed by atoms with Crippen molar-refractivity contribution < 1.29 is 9.47 Å². The number of anilines is 1. The zero-order valence-corrected chi connectivity index (χ0v) is 17.3. The molecule has 1 aromatic carbocycles. The van der Waals surface area contributed by atoms with Crippen molar-refractivity contribution in [2.45, 2.75) is 19.8 Å². The van der Waals surface area contributed by atoms with Crippen LogP contribution in [-0.4, -0.2) is 50.5 Å². The number of hydrogen-bond donors (Lipinski definition) is 0. The van der Waals surface area contributed by atoms with E-state index in [9.17, 15) is 0 Å². The summed E-state index contributed by atoms with van der Waals surface area (Å²) < 4.78 is 10.6. The van der Waals surface area contributed by atoms with Crippen molar-refractivity contribution in [2.75, 3.05) is 45.4 Å². The second kappa shape index (κ2) is 9.26. The Balaban J connectivity index is 2.04. The van der Waals surface area contributed by atoms with Gasteiger partial charge in [-0.1, -0.05) is 38.1 Å². The summed E-state index contributed by atoms with van der Waals surface area (Å²) in [4.78, 5) is 12.3. The average Bonchev–Trinajstić information content (AvgIpc) is 3.12. The van der Waals surface area contributed by atoms with Crippen LogP contribution in [0.3, 0.4) is 0 Å². The highest BCUT2D eigenvalue weighted by Crippen LogP contribution is 2.38. The van der Waals surface area contributed by atoms with Gasteiger partial charge in [-0.15, -0.1) is 11.3 Å². The van der Waals surface area contributed by atoms with E-state index in [-0.39, 0.29) is 0 Å². The van der Waals surface area contributed by atoms with Gasteiger partial charge in [-0.3, -0.25) is 0 Å². The van der Waals surface area contributed by atoms with E-state index in [4.69, 9.17) is 9.47 Å². The van der Waals surface area contributed by atoms with Gasteiger partial charge < -0.3 is 14.4 Å². The lowest BCUT2D eigenvalue weighted by atomic mass is 9.99. The summed E-state index contributed by atoms with van der Waals surface area (Å²) in [6, 6.07) is 8.81. The minimum atomic E-state index is 0.524. The molecule has 144 valence electrons. The van der Waals surface area contributed by atoms with Crippen molar-refractivity contribution in [3.05, 3.63) is 41.5 Å². The van der Waals surface area contributed by atoms with Crippen molar-refractivity contribution in [3.8, 4) is 11.1 Å². The number of thiophene rings is 1. The van der Waals surface area contributed by atoms with Crippen molar-refractivity contribution in [2.24, 2.45) is 0 Å². The van der Waals surface area contributed by atoms with Gasteiger partial charge in [-0.25, -0.2) is 9.97 Å². The Labute approximate surface area is 165 Å². The molecule has 0 aliphatic carbocycles. The first-order valence-electron chi connectivity index (χ1n) is 9.21. The molecule has 0 unspecified atom stereocenters. The molecule has 3 rings (SSSR count). The standard InChI is InChI=1S/C21H27N3O2S/c1-15(2)16-5-7-17(8-6-16)18-13-27-21-19(18)20(22-14-23-21)24(9-11-25-3)10-12-26-4/h5-8,13-15H,9-12H2,1-4H3. The highest BCUT2D eigenvalue weighted by Gasteiger charge is 2.18. The monoisotopic (exact) mass is 385 g/mol. The van der Waals surface area contributed by atoms with E-state index in [1.54, 1.807) is 31.9 Å². The van der Waals surface area contributed by atoms with Gasteiger partial charge in [-0.05, 0) is 17.0 Å². The molecule has 0 amide bonds. The molecule has 0 aliphatic heterocycles. The third-order valence-corrected chi connectivity index (χ3v) is 5.56. The van der Waals surface area contributed by atoms with Crippen molar-refractivity contribution in [1.82, 2.24) is 9.97 Å². The summed E-state index contributed by atoms with van der Waals surface area (Å²) in [7, 11) is 3.44. The van der Waals surface area contributed by atoms with Crippen LogP contribution in [0.4, 0.5) is 5.82 Å². The van der Waals surface area contributed by atoms with E-state index in [2.05, 4.69) is 58.4 Å². The van der Waals surface area contributed by atoms with Crippen LogP contribution in [0.5, 0.6) is 0 Å². The predicted molar refractivity (Wildman–Crippen MR) is 113 cm³/mol. The fourth-order valence-corrected chi connectivity index (χ4v) is 4.00. The lowest BCUT2D eigenvalue weighted by Gasteiger charge is -2.24. The molecule has 0 saturated carbocycles. The number of rotatable bonds is 9. The molecule has 3 aromatic rings. The number of aromatic nitrogens is 2. The Morgan fingerprint density at radius 1 is 1.00 bits per heavy atom. The summed E-state index contributed by atoms with van der Waals surface area (Å²) in [6.45, 7) is 7.21. The molecule has 0 atom stereocenters. The van der Waals surface area contributed by atoms with Gasteiger partial charge >= 0.3 is 0 Å². The molecule has 27 heavy (non-hydrogen) atoms. The van der Waals surface area contributed by atoms with Crippen LogP contribution in [0.15, 0.2) is 36.0 Å². The second-order valence-corrected chi connectivity index (χ2v) is 7.63. The number of nitrogens with zero attached hydrogens (tertiary/aromatic N) is 3. The third kappa shape index (κ3) is 4.46. The summed E-state index contributed by atoms with van der Waals surface area (Å²) in [6.07, 6.45) is 1.65. The first kappa shape index (κ1) is 19.7. The lowest BCUT2D eigenvalue weighted by Crippen LogP contribution is -2.31. The smallest absolute Gasteiger partial charge is 0.141 e. The van der Waals surface area contributed by atoms with Gasteiger partial charge in [0.05, 0.1) is 18.6 Å². The molecule has 5 nitrogen and oxygen atoms in total. The Bertz CT molecular complexity index is 853. The molecule has 0 spiro atoms. The van der Waals surface area contributed by atoms with E-state index < -0.39 is 0 Å². The fourth-order valence-electron chi connectivity index (χ4n) is 3.09. The number of methoxy groups -OCH3 is 2. The zero-order valence-electron chi connectivity index (χ0n) is 16.4. The molecular formula is C21H27N3O2S. The van der Waals surface area contributed by atoms with Crippen molar-refractivity contribution >= 4 is 27.4 Å². The van der Waals surface area contributed by atoms with E-state index in [1.807, 2.05) is 0 Å². The topological polar surface area (TPSA) is 47.5 Å². The Morgan fingerprint density at radius 3 is 2.26 bits per heavy atom. The van der Waals surface area contributed by atoms with Gasteiger partial charge in [0.1, 0.15) is 17.0 Å². The third-order valence-electron chi connectivity index (χ3n) is 4.67. The fraction of sp³-hybridized carbons (Fsp3) is 0.429. The van der Waals surface area contributed by atoms with E-state index in [0.29, 0.717) is 19.1 Å². The van der Waals surface area contributed by atoms with Crippen molar-refractivity contribution in [3.63, 3.8) is 0 Å². The number of hydrogen-bond acceptors (Lipinski definition) is 6. The Morgan fingerprint density at radius 2 is 1.67 bits per heavy atom. The van der Waals surface area contributed by atoms with Gasteiger partial charge in [0.2, 0.25) is 0 Å². The van der Waals surface area contributed by atoms with Crippen LogP contribution in [0.2, 0.25) is 0 Å². The predicted octanol–water partition coefficient (Wildman–Crippen LogP) is 4.58. The highest BCUT2D eigenvalue weighted by molar-refractivity contribution is 7.17. The SMILES string of the molecule is COCCN(CCOC)c1ncnc2scc(-c3ccc(C(C)C)cc3)c12. The van der Waals surface area contributed by atoms with Gasteiger partial charge in [0, 0.05) is 38.3 Å². The van der Waals surface area contributed by atoms with Crippen LogP contribution in [-0.2, 0) is 9.47 Å². The van der Waals surface area contributed by atoms with Gasteiger partial charge in [0.25, 0.3) is 0 Å². The molecule has 0 radical (unpaired) electrons. The largest absolute Gasteiger partial charge is 0.383 e. The summed E-state index contributed by atoms with van der Waals surface area (Å²) in [5, 5.41) is 3.28. The lowest BCUT2D eigenvalue weighted by molar-refractivity contribution is 0.190. The molecular weight excluding hydrogens is 358 g/mol. The molecule has 6 heteroatoms. The summed E-state index contributed by atoms with van der Waals surface area (Å²) in [5.41, 5.74) is 3.72. The van der Waals surface area contributed by atoms with E-state index in [1.165, 1.54) is 16.7 Å². The minimum Gasteiger partial charge on any atom is -0.383 e. The molecule has 2 heterocycles. The van der Waals surface area contributed by atoms with Gasteiger partial charge in [0.15, 0.2) is 0 Å². The van der Waals surface area contributed by atoms with Crippen molar-refractivity contribution in [1.29, 1.82) is 0 Å². The van der Waals surface area contributed by atoms with Crippen LogP contribution < -0.4 is 4.90 Å². The van der Waals surface area contributed by atoms with Crippen LogP contribution in [0, 0.1) is 0 Å². The number of benzene rings is 1. The quantitative estimate of drug-likeness (QED) is 0.539. The molecule has 0 saturated heterocycles. The van der Waals surface area contributed by atoms with E-state index >= 15 is 0 Å². The first-order chi connectivity index (χ1) is 13.2. The minimum absolute atomic E-state index is 0.524. The van der Waals surface area contributed by atoms with Gasteiger partial charge in [-0.2, -0.15) is 0 Å². The maximum absolute atomic E-state index is 5.29. The summed E-state index contributed by atoms with van der Waals surface area (Å²) >= 11 is 1.66.